The fourth-order valence-electron chi connectivity index (χ4n) is 1.80. The van der Waals surface area contributed by atoms with Crippen molar-refractivity contribution < 1.29 is 28.5 Å². The number of nitrogens with one attached hydrogen (secondary N) is 2. The molecule has 154 valence electrons. The van der Waals surface area contributed by atoms with Crippen LogP contribution in [-0.2, 0) is 28.5 Å². The van der Waals surface area contributed by atoms with Gasteiger partial charge < -0.3 is 29.6 Å². The van der Waals surface area contributed by atoms with Crippen LogP contribution in [0.15, 0.2) is 0 Å². The molecule has 0 heterocycles. The van der Waals surface area contributed by atoms with Gasteiger partial charge >= 0.3 is 0 Å². The molecule has 8 heteroatoms. The second-order valence-electron chi connectivity index (χ2n) is 6.02. The second kappa shape index (κ2) is 18.7. The molecule has 0 spiro atoms. The van der Waals surface area contributed by atoms with E-state index in [4.69, 9.17) is 18.9 Å². The van der Waals surface area contributed by atoms with E-state index >= 15 is 0 Å². The molecule has 0 fully saturated rings. The van der Waals surface area contributed by atoms with Crippen molar-refractivity contribution in [3.63, 3.8) is 0 Å². The number of Topliss-reactive ketones (excluding diaryl/α,β-unsaturated/α-hetero) is 1. The third-order valence-corrected chi connectivity index (χ3v) is 3.42. The lowest BCUT2D eigenvalue weighted by molar-refractivity contribution is -0.123. The Labute approximate surface area is 157 Å². The molecule has 0 radical (unpaired) electrons. The van der Waals surface area contributed by atoms with Gasteiger partial charge in [-0.2, -0.15) is 0 Å². The normalized spacial score (nSPS) is 11.1. The zero-order chi connectivity index (χ0) is 19.5. The fourth-order valence-corrected chi connectivity index (χ4v) is 1.80. The van der Waals surface area contributed by atoms with Crippen LogP contribution in [0, 0.1) is 5.92 Å². The Morgan fingerprint density at radius 1 is 0.731 bits per heavy atom. The van der Waals surface area contributed by atoms with Crippen LogP contribution >= 0.6 is 0 Å². The van der Waals surface area contributed by atoms with E-state index in [0.717, 1.165) is 6.54 Å². The number of amides is 1. The first-order valence-corrected chi connectivity index (χ1v) is 9.33. The quantitative estimate of drug-likeness (QED) is 0.315. The van der Waals surface area contributed by atoms with Gasteiger partial charge in [-0.3, -0.25) is 9.59 Å². The van der Waals surface area contributed by atoms with Crippen LogP contribution in [0.5, 0.6) is 0 Å². The molecular weight excluding hydrogens is 340 g/mol. The summed E-state index contributed by atoms with van der Waals surface area (Å²) in [6, 6.07) is 0. The predicted molar refractivity (Wildman–Crippen MR) is 99.3 cm³/mol. The van der Waals surface area contributed by atoms with E-state index in [1.807, 2.05) is 20.9 Å². The first kappa shape index (κ1) is 24.9. The van der Waals surface area contributed by atoms with Gasteiger partial charge in [0.15, 0.2) is 0 Å². The molecular formula is C18H36N2O6. The Hall–Kier alpha value is -1.06. The standard InChI is InChI=1S/C18H36N2O6/c1-16(2)17(21)4-8-23-12-15-26-11-7-20-18(22)5-9-24-13-14-25-10-6-19-3/h16,19H,4-15H2,1-3H3,(H,20,22). The van der Waals surface area contributed by atoms with Gasteiger partial charge in [0, 0.05) is 31.8 Å². The lowest BCUT2D eigenvalue weighted by Crippen LogP contribution is -2.28. The van der Waals surface area contributed by atoms with Gasteiger partial charge in [-0.05, 0) is 7.05 Å². The van der Waals surface area contributed by atoms with Gasteiger partial charge in [0.1, 0.15) is 5.78 Å². The maximum absolute atomic E-state index is 11.6. The zero-order valence-electron chi connectivity index (χ0n) is 16.5. The van der Waals surface area contributed by atoms with E-state index in [0.29, 0.717) is 72.2 Å². The van der Waals surface area contributed by atoms with E-state index in [9.17, 15) is 9.59 Å². The minimum absolute atomic E-state index is 0.0561. The zero-order valence-corrected chi connectivity index (χ0v) is 16.5. The van der Waals surface area contributed by atoms with Gasteiger partial charge in [-0.15, -0.1) is 0 Å². The molecule has 8 nitrogen and oxygen atoms in total. The molecule has 0 aliphatic heterocycles. The van der Waals surface area contributed by atoms with Crippen LogP contribution in [0.4, 0.5) is 0 Å². The van der Waals surface area contributed by atoms with E-state index in [2.05, 4.69) is 10.6 Å². The number of carbonyl (C=O) groups excluding carboxylic acids is 2. The number of hydrogen-bond donors (Lipinski definition) is 2. The Morgan fingerprint density at radius 2 is 1.23 bits per heavy atom. The molecule has 1 amide bonds. The van der Waals surface area contributed by atoms with Crippen LogP contribution in [0.25, 0.3) is 0 Å². The molecule has 26 heavy (non-hydrogen) atoms. The van der Waals surface area contributed by atoms with Crippen molar-refractivity contribution in [2.24, 2.45) is 5.92 Å². The topological polar surface area (TPSA) is 95.1 Å². The first-order chi connectivity index (χ1) is 12.6. The molecule has 0 aliphatic carbocycles. The molecule has 0 unspecified atom stereocenters. The third kappa shape index (κ3) is 17.8. The molecule has 0 rings (SSSR count). The molecule has 0 bridgehead atoms. The first-order valence-electron chi connectivity index (χ1n) is 9.33. The van der Waals surface area contributed by atoms with Crippen molar-refractivity contribution in [2.75, 3.05) is 73.0 Å². The molecule has 0 saturated carbocycles. The van der Waals surface area contributed by atoms with Gasteiger partial charge in [-0.25, -0.2) is 0 Å². The second-order valence-corrected chi connectivity index (χ2v) is 6.02. The minimum Gasteiger partial charge on any atom is -0.379 e. The molecule has 0 saturated heterocycles. The number of hydrogen-bond acceptors (Lipinski definition) is 7. The van der Waals surface area contributed by atoms with Gasteiger partial charge in [-0.1, -0.05) is 13.8 Å². The lowest BCUT2D eigenvalue weighted by atomic mass is 10.1. The molecule has 2 N–H and O–H groups in total. The number of rotatable bonds is 19. The molecule has 0 aromatic carbocycles. The summed E-state index contributed by atoms with van der Waals surface area (Å²) >= 11 is 0. The van der Waals surface area contributed by atoms with Crippen LogP contribution in [0.3, 0.4) is 0 Å². The summed E-state index contributed by atoms with van der Waals surface area (Å²) in [6.07, 6.45) is 0.765. The highest BCUT2D eigenvalue weighted by atomic mass is 16.5. The minimum atomic E-state index is -0.0619. The van der Waals surface area contributed by atoms with Crippen molar-refractivity contribution in [1.82, 2.24) is 10.6 Å². The molecule has 0 aliphatic rings. The van der Waals surface area contributed by atoms with Crippen molar-refractivity contribution in [1.29, 1.82) is 0 Å². The molecule has 0 aromatic rings. The Morgan fingerprint density at radius 3 is 1.77 bits per heavy atom. The van der Waals surface area contributed by atoms with Crippen molar-refractivity contribution in [2.45, 2.75) is 26.7 Å². The third-order valence-electron chi connectivity index (χ3n) is 3.42. The Bertz CT molecular complexity index is 353. The maximum atomic E-state index is 11.6. The number of ketones is 1. The van der Waals surface area contributed by atoms with Gasteiger partial charge in [0.05, 0.1) is 52.9 Å². The highest BCUT2D eigenvalue weighted by Crippen LogP contribution is 1.98. The summed E-state index contributed by atoms with van der Waals surface area (Å²) in [4.78, 5) is 22.9. The number of ether oxygens (including phenoxy) is 4. The Balaban J connectivity index is 3.23. The van der Waals surface area contributed by atoms with Gasteiger partial charge in [0.2, 0.25) is 5.91 Å². The lowest BCUT2D eigenvalue weighted by Gasteiger charge is -2.08. The van der Waals surface area contributed by atoms with Crippen molar-refractivity contribution in [3.05, 3.63) is 0 Å². The fraction of sp³-hybridized carbons (Fsp3) is 0.889. The summed E-state index contributed by atoms with van der Waals surface area (Å²) in [5.74, 6) is 0.201. The summed E-state index contributed by atoms with van der Waals surface area (Å²) in [6.45, 7) is 8.84. The van der Waals surface area contributed by atoms with Crippen LogP contribution in [-0.4, -0.2) is 84.7 Å². The SMILES string of the molecule is CNCCOCCOCCC(=O)NCCOCCOCCC(=O)C(C)C. The van der Waals surface area contributed by atoms with E-state index in [1.165, 1.54) is 0 Å². The maximum Gasteiger partial charge on any atom is 0.222 e. The highest BCUT2D eigenvalue weighted by molar-refractivity contribution is 5.80. The van der Waals surface area contributed by atoms with Crippen LogP contribution < -0.4 is 10.6 Å². The van der Waals surface area contributed by atoms with Crippen molar-refractivity contribution >= 4 is 11.7 Å². The van der Waals surface area contributed by atoms with Crippen LogP contribution in [0.2, 0.25) is 0 Å². The number of carbonyl (C=O) groups is 2. The summed E-state index contributed by atoms with van der Waals surface area (Å²) in [7, 11) is 1.87. The summed E-state index contributed by atoms with van der Waals surface area (Å²) in [5.41, 5.74) is 0. The summed E-state index contributed by atoms with van der Waals surface area (Å²) < 4.78 is 21.3. The van der Waals surface area contributed by atoms with Crippen LogP contribution in [0.1, 0.15) is 26.7 Å². The highest BCUT2D eigenvalue weighted by Gasteiger charge is 2.06. The monoisotopic (exact) mass is 376 g/mol. The van der Waals surface area contributed by atoms with E-state index in [-0.39, 0.29) is 17.6 Å². The average molecular weight is 376 g/mol. The van der Waals surface area contributed by atoms with Crippen molar-refractivity contribution in [3.8, 4) is 0 Å². The Kier molecular flexibility index (Phi) is 18.0. The molecule has 0 aromatic heterocycles. The average Bonchev–Trinajstić information content (AvgIpc) is 2.62. The van der Waals surface area contributed by atoms with E-state index < -0.39 is 0 Å². The molecule has 0 atom stereocenters. The number of likely N-dealkylation sites (N-methyl/N-ethyl adjacent to an activating group) is 1. The summed E-state index contributed by atoms with van der Waals surface area (Å²) in [5, 5.41) is 5.75. The predicted octanol–water partition coefficient (Wildman–Crippen LogP) is 0.394. The smallest absolute Gasteiger partial charge is 0.222 e. The van der Waals surface area contributed by atoms with E-state index in [1.54, 1.807) is 0 Å². The van der Waals surface area contributed by atoms with Gasteiger partial charge in [0.25, 0.3) is 0 Å². The largest absolute Gasteiger partial charge is 0.379 e.